The van der Waals surface area contributed by atoms with Crippen LogP contribution in [0.2, 0.25) is 0 Å². The van der Waals surface area contributed by atoms with Crippen molar-refractivity contribution in [3.63, 3.8) is 0 Å². The summed E-state index contributed by atoms with van der Waals surface area (Å²) in [5.74, 6) is -0.594. The van der Waals surface area contributed by atoms with Gasteiger partial charge < -0.3 is 24.7 Å². The van der Waals surface area contributed by atoms with E-state index in [4.69, 9.17) is 14.9 Å². The van der Waals surface area contributed by atoms with Crippen LogP contribution in [0.15, 0.2) is 60.8 Å². The number of aromatic nitrogens is 1. The Hall–Kier alpha value is -3.17. The van der Waals surface area contributed by atoms with Crippen molar-refractivity contribution in [1.29, 1.82) is 0 Å². The second kappa shape index (κ2) is 13.9. The smallest absolute Gasteiger partial charge is 0.328 e. The molecule has 9 heteroatoms. The Balaban J connectivity index is 0.000000479. The Kier molecular flexibility index (Phi) is 11.5. The Morgan fingerprint density at radius 1 is 1.07 bits per heavy atom. The number of rotatable bonds is 10. The predicted molar refractivity (Wildman–Crippen MR) is 120 cm³/mol. The summed E-state index contributed by atoms with van der Waals surface area (Å²) in [5.41, 5.74) is 1.26. The fraction of sp³-hybridized carbons (Fsp3) is 0.286. The van der Waals surface area contributed by atoms with Crippen molar-refractivity contribution in [2.75, 3.05) is 38.3 Å². The molecule has 2 N–H and O–H groups in total. The van der Waals surface area contributed by atoms with Crippen LogP contribution in [0.4, 0.5) is 5.82 Å². The summed E-state index contributed by atoms with van der Waals surface area (Å²) in [4.78, 5) is 28.3. The summed E-state index contributed by atoms with van der Waals surface area (Å²) >= 11 is 0. The number of likely N-dealkylation sites (N-methyl/N-ethyl adjacent to an activating group) is 1. The zero-order valence-electron chi connectivity index (χ0n) is 17.6. The average molecular weight is 432 g/mol. The number of nitrogens with zero attached hydrogens (tertiary/aromatic N) is 3. The molecule has 0 aliphatic heterocycles. The molecule has 0 saturated heterocycles. The lowest BCUT2D eigenvalue weighted by atomic mass is 10.2. The summed E-state index contributed by atoms with van der Waals surface area (Å²) in [6.07, 6.45) is 4.16. The summed E-state index contributed by atoms with van der Waals surface area (Å²) in [5, 5.41) is 15.6. The van der Waals surface area contributed by atoms with Crippen LogP contribution in [0.3, 0.4) is 0 Å². The standard InChI is InChI=1S/C17H25N3OSi.C4H4O4/c1-19(14-22)11-12-20(17-5-3-4-10-18-17)13-15-6-8-16(21-2)9-7-15;5-3(6)1-2-4(7)8/h3-10H,11-14H2,1-2,22H3;1-2H,(H,5,6)(H,7,8)/b;2-1-. The first-order chi connectivity index (χ1) is 14.3. The Morgan fingerprint density at radius 3 is 2.17 bits per heavy atom. The molecule has 0 radical (unpaired) electrons. The number of carbonyl (C=O) groups is 2. The maximum Gasteiger partial charge on any atom is 0.328 e. The van der Waals surface area contributed by atoms with Crippen molar-refractivity contribution in [2.24, 2.45) is 0 Å². The van der Waals surface area contributed by atoms with Gasteiger partial charge in [-0.05, 0) is 43.0 Å². The Labute approximate surface area is 179 Å². The highest BCUT2D eigenvalue weighted by Crippen LogP contribution is 2.16. The maximum atomic E-state index is 9.55. The van der Waals surface area contributed by atoms with E-state index in [-0.39, 0.29) is 0 Å². The summed E-state index contributed by atoms with van der Waals surface area (Å²) in [6, 6.07) is 14.3. The highest BCUT2D eigenvalue weighted by molar-refractivity contribution is 6.08. The molecule has 162 valence electrons. The second-order valence-electron chi connectivity index (χ2n) is 6.36. The lowest BCUT2D eigenvalue weighted by Crippen LogP contribution is -2.34. The summed E-state index contributed by atoms with van der Waals surface area (Å²) in [7, 11) is 5.08. The van der Waals surface area contributed by atoms with Gasteiger partial charge in [-0.1, -0.05) is 18.2 Å². The monoisotopic (exact) mass is 431 g/mol. The maximum absolute atomic E-state index is 9.55. The molecule has 0 bridgehead atoms. The number of hydrogen-bond donors (Lipinski definition) is 2. The lowest BCUT2D eigenvalue weighted by molar-refractivity contribution is -0.134. The summed E-state index contributed by atoms with van der Waals surface area (Å²) < 4.78 is 5.22. The van der Waals surface area contributed by atoms with Gasteiger partial charge in [0.2, 0.25) is 0 Å². The van der Waals surface area contributed by atoms with E-state index in [9.17, 15) is 9.59 Å². The van der Waals surface area contributed by atoms with Gasteiger partial charge in [0, 0.05) is 48.2 Å². The number of anilines is 1. The fourth-order valence-electron chi connectivity index (χ4n) is 2.36. The number of carboxylic acids is 2. The molecule has 0 atom stereocenters. The first-order valence-electron chi connectivity index (χ1n) is 9.47. The molecular weight excluding hydrogens is 402 g/mol. The highest BCUT2D eigenvalue weighted by Gasteiger charge is 2.09. The van der Waals surface area contributed by atoms with Gasteiger partial charge in [-0.25, -0.2) is 14.6 Å². The van der Waals surface area contributed by atoms with Crippen LogP contribution >= 0.6 is 0 Å². The Bertz CT molecular complexity index is 784. The average Bonchev–Trinajstić information content (AvgIpc) is 2.76. The van der Waals surface area contributed by atoms with E-state index in [2.05, 4.69) is 40.0 Å². The van der Waals surface area contributed by atoms with Crippen LogP contribution in [0, 0.1) is 0 Å². The third-order valence-corrected chi connectivity index (χ3v) is 5.25. The fourth-order valence-corrected chi connectivity index (χ4v) is 2.68. The van der Waals surface area contributed by atoms with Crippen molar-refractivity contribution in [1.82, 2.24) is 9.88 Å². The van der Waals surface area contributed by atoms with Crippen molar-refractivity contribution >= 4 is 28.0 Å². The van der Waals surface area contributed by atoms with E-state index >= 15 is 0 Å². The molecule has 0 unspecified atom stereocenters. The van der Waals surface area contributed by atoms with E-state index in [0.29, 0.717) is 12.2 Å². The van der Waals surface area contributed by atoms with Crippen molar-refractivity contribution in [3.05, 3.63) is 66.4 Å². The molecule has 0 saturated carbocycles. The quantitative estimate of drug-likeness (QED) is 0.425. The minimum absolute atomic E-state index is 0.558. The molecule has 8 nitrogen and oxygen atoms in total. The minimum Gasteiger partial charge on any atom is -0.497 e. The van der Waals surface area contributed by atoms with E-state index in [1.54, 1.807) is 7.11 Å². The van der Waals surface area contributed by atoms with E-state index < -0.39 is 11.9 Å². The van der Waals surface area contributed by atoms with Crippen molar-refractivity contribution in [2.45, 2.75) is 6.54 Å². The van der Waals surface area contributed by atoms with Crippen LogP contribution in [0.1, 0.15) is 5.56 Å². The number of ether oxygens (including phenoxy) is 1. The largest absolute Gasteiger partial charge is 0.497 e. The molecule has 30 heavy (non-hydrogen) atoms. The molecule has 1 aromatic carbocycles. The van der Waals surface area contributed by atoms with E-state index in [0.717, 1.165) is 31.2 Å². The van der Waals surface area contributed by atoms with Gasteiger partial charge in [0.25, 0.3) is 0 Å². The number of methoxy groups -OCH3 is 1. The lowest BCUT2D eigenvalue weighted by Gasteiger charge is -2.26. The molecule has 2 rings (SSSR count). The molecule has 1 heterocycles. The van der Waals surface area contributed by atoms with E-state index in [1.165, 1.54) is 22.0 Å². The zero-order chi connectivity index (χ0) is 22.4. The van der Waals surface area contributed by atoms with Crippen LogP contribution in [-0.4, -0.2) is 75.7 Å². The van der Waals surface area contributed by atoms with Gasteiger partial charge in [-0.2, -0.15) is 0 Å². The first kappa shape index (κ1) is 24.9. The second-order valence-corrected chi connectivity index (χ2v) is 7.00. The molecule has 1 aromatic heterocycles. The normalized spacial score (nSPS) is 10.5. The third-order valence-electron chi connectivity index (χ3n) is 4.17. The van der Waals surface area contributed by atoms with Gasteiger partial charge in [0.15, 0.2) is 0 Å². The summed E-state index contributed by atoms with van der Waals surface area (Å²) in [6.45, 7) is 2.88. The first-order valence-corrected chi connectivity index (χ1v) is 10.9. The van der Waals surface area contributed by atoms with E-state index in [1.807, 2.05) is 30.5 Å². The molecule has 0 aliphatic carbocycles. The van der Waals surface area contributed by atoms with Crippen LogP contribution < -0.4 is 9.64 Å². The number of carboxylic acid groups (broad SMARTS) is 2. The predicted octanol–water partition coefficient (Wildman–Crippen LogP) is 1.06. The number of pyridine rings is 1. The van der Waals surface area contributed by atoms with Gasteiger partial charge >= 0.3 is 11.9 Å². The molecule has 0 amide bonds. The number of aliphatic carboxylic acids is 2. The molecule has 0 fully saturated rings. The van der Waals surface area contributed by atoms with Crippen LogP contribution in [0.25, 0.3) is 0 Å². The molecular formula is C21H29N3O5Si. The zero-order valence-corrected chi connectivity index (χ0v) is 19.6. The SMILES string of the molecule is COc1ccc(CN(CCN(C)C[SiH3])c2ccccn2)cc1.O=C(O)/C=C\C(=O)O. The topological polar surface area (TPSA) is 103 Å². The highest BCUT2D eigenvalue weighted by atomic mass is 28.1. The third kappa shape index (κ3) is 10.4. The van der Waals surface area contributed by atoms with Gasteiger partial charge in [-0.15, -0.1) is 0 Å². The van der Waals surface area contributed by atoms with Crippen LogP contribution in [-0.2, 0) is 16.1 Å². The van der Waals surface area contributed by atoms with Gasteiger partial charge in [-0.3, -0.25) is 0 Å². The Morgan fingerprint density at radius 2 is 1.70 bits per heavy atom. The van der Waals surface area contributed by atoms with Crippen molar-refractivity contribution < 1.29 is 24.5 Å². The molecule has 0 spiro atoms. The molecule has 0 aliphatic rings. The van der Waals surface area contributed by atoms with Gasteiger partial charge in [0.05, 0.1) is 7.11 Å². The van der Waals surface area contributed by atoms with Crippen LogP contribution in [0.5, 0.6) is 5.75 Å². The van der Waals surface area contributed by atoms with Gasteiger partial charge in [0.1, 0.15) is 11.6 Å². The van der Waals surface area contributed by atoms with Crippen molar-refractivity contribution in [3.8, 4) is 5.75 Å². The minimum atomic E-state index is -1.26. The number of benzene rings is 1. The molecule has 2 aromatic rings. The number of hydrogen-bond acceptors (Lipinski definition) is 6.